The predicted molar refractivity (Wildman–Crippen MR) is 124 cm³/mol. The lowest BCUT2D eigenvalue weighted by molar-refractivity contribution is 0.0596. The summed E-state index contributed by atoms with van der Waals surface area (Å²) in [7, 11) is 0. The van der Waals surface area contributed by atoms with Crippen molar-refractivity contribution < 1.29 is 15.3 Å². The van der Waals surface area contributed by atoms with Gasteiger partial charge < -0.3 is 15.3 Å². The average Bonchev–Trinajstić information content (AvgIpc) is 3.00. The Balaban J connectivity index is 1.70. The molecule has 3 aliphatic rings. The van der Waals surface area contributed by atoms with Crippen LogP contribution in [0.15, 0.2) is 35.5 Å². The Morgan fingerprint density at radius 1 is 1.23 bits per heavy atom. The molecule has 170 valence electrons. The lowest BCUT2D eigenvalue weighted by Crippen LogP contribution is -2.36. The Morgan fingerprint density at radius 3 is 2.67 bits per heavy atom. The summed E-state index contributed by atoms with van der Waals surface area (Å²) in [5.74, 6) is 2.11. The standard InChI is InChI=1S/C27H44O3/c1-18(8-6-14-26(3,4)30)23-12-13-24-20(9-7-15-27(23,24)5)10-11-21-16-22(28)17-25(29)19(21)2/h10-11,18,22-25,28-30H,2,6-9,12-17H2,1,3-5H3/b20-10+,21-11-/t18?,22-,23+,24?,25-,27+/m0/s1. The number of allylic oxidation sites excluding steroid dienone is 3. The quantitative estimate of drug-likeness (QED) is 0.520. The first-order valence-corrected chi connectivity index (χ1v) is 12.2. The van der Waals surface area contributed by atoms with Crippen molar-refractivity contribution in [1.29, 1.82) is 0 Å². The van der Waals surface area contributed by atoms with E-state index in [4.69, 9.17) is 0 Å². The molecule has 0 aromatic rings. The zero-order valence-corrected chi connectivity index (χ0v) is 19.7. The van der Waals surface area contributed by atoms with Crippen molar-refractivity contribution in [3.05, 3.63) is 35.5 Å². The lowest BCUT2D eigenvalue weighted by Gasteiger charge is -2.44. The van der Waals surface area contributed by atoms with Crippen LogP contribution in [0.2, 0.25) is 0 Å². The first kappa shape index (κ1) is 23.8. The monoisotopic (exact) mass is 416 g/mol. The summed E-state index contributed by atoms with van der Waals surface area (Å²) in [5, 5.41) is 30.2. The second-order valence-corrected chi connectivity index (χ2v) is 11.3. The van der Waals surface area contributed by atoms with Crippen molar-refractivity contribution in [2.75, 3.05) is 0 Å². The molecular weight excluding hydrogens is 372 g/mol. The summed E-state index contributed by atoms with van der Waals surface area (Å²) in [4.78, 5) is 0. The molecular formula is C27H44O3. The number of fused-ring (bicyclic) bond motifs is 1. The van der Waals surface area contributed by atoms with Gasteiger partial charge in [0.15, 0.2) is 0 Å². The highest BCUT2D eigenvalue weighted by Crippen LogP contribution is 2.60. The second-order valence-electron chi connectivity index (χ2n) is 11.3. The van der Waals surface area contributed by atoms with Crippen molar-refractivity contribution in [2.45, 2.75) is 110 Å². The van der Waals surface area contributed by atoms with Crippen molar-refractivity contribution in [2.24, 2.45) is 23.2 Å². The molecule has 3 heteroatoms. The Labute approximate surface area is 184 Å². The third-order valence-electron chi connectivity index (χ3n) is 8.44. The summed E-state index contributed by atoms with van der Waals surface area (Å²) in [6, 6.07) is 0. The molecule has 0 aromatic carbocycles. The Hall–Kier alpha value is -0.900. The molecule has 2 unspecified atom stereocenters. The molecule has 30 heavy (non-hydrogen) atoms. The molecule has 3 fully saturated rings. The van der Waals surface area contributed by atoms with E-state index < -0.39 is 17.8 Å². The summed E-state index contributed by atoms with van der Waals surface area (Å²) < 4.78 is 0. The van der Waals surface area contributed by atoms with Gasteiger partial charge in [0.25, 0.3) is 0 Å². The van der Waals surface area contributed by atoms with Crippen LogP contribution >= 0.6 is 0 Å². The predicted octanol–water partition coefficient (Wildman–Crippen LogP) is 5.70. The van der Waals surface area contributed by atoms with Gasteiger partial charge in [-0.2, -0.15) is 0 Å². The van der Waals surface area contributed by atoms with Crippen molar-refractivity contribution in [3.63, 3.8) is 0 Å². The highest BCUT2D eigenvalue weighted by molar-refractivity contribution is 5.38. The third kappa shape index (κ3) is 5.29. The molecule has 0 radical (unpaired) electrons. The van der Waals surface area contributed by atoms with E-state index in [1.807, 2.05) is 13.8 Å². The van der Waals surface area contributed by atoms with E-state index in [2.05, 4.69) is 32.6 Å². The zero-order valence-electron chi connectivity index (χ0n) is 19.7. The highest BCUT2D eigenvalue weighted by atomic mass is 16.3. The van der Waals surface area contributed by atoms with E-state index >= 15 is 0 Å². The number of hydrogen-bond acceptors (Lipinski definition) is 3. The van der Waals surface area contributed by atoms with Gasteiger partial charge in [0, 0.05) is 6.42 Å². The van der Waals surface area contributed by atoms with Crippen LogP contribution in [0.1, 0.15) is 91.9 Å². The summed E-state index contributed by atoms with van der Waals surface area (Å²) in [6.07, 6.45) is 13.9. The van der Waals surface area contributed by atoms with Crippen LogP contribution < -0.4 is 0 Å². The van der Waals surface area contributed by atoms with Crippen molar-refractivity contribution in [1.82, 2.24) is 0 Å². The van der Waals surface area contributed by atoms with Gasteiger partial charge in [0.05, 0.1) is 17.8 Å². The minimum atomic E-state index is -0.615. The van der Waals surface area contributed by atoms with Crippen LogP contribution in [0.4, 0.5) is 0 Å². The average molecular weight is 417 g/mol. The van der Waals surface area contributed by atoms with Gasteiger partial charge in [0.2, 0.25) is 0 Å². The molecule has 0 saturated heterocycles. The zero-order chi connectivity index (χ0) is 22.1. The van der Waals surface area contributed by atoms with E-state index in [9.17, 15) is 15.3 Å². The molecule has 3 saturated carbocycles. The molecule has 3 aliphatic carbocycles. The van der Waals surface area contributed by atoms with Crippen LogP contribution in [-0.4, -0.2) is 33.1 Å². The van der Waals surface area contributed by atoms with Gasteiger partial charge in [-0.15, -0.1) is 0 Å². The molecule has 0 bridgehead atoms. The van der Waals surface area contributed by atoms with Crippen LogP contribution in [-0.2, 0) is 0 Å². The second kappa shape index (κ2) is 9.30. The van der Waals surface area contributed by atoms with Gasteiger partial charge in [0.1, 0.15) is 0 Å². The van der Waals surface area contributed by atoms with E-state index in [1.54, 1.807) is 5.57 Å². The van der Waals surface area contributed by atoms with E-state index in [0.717, 1.165) is 29.9 Å². The SMILES string of the molecule is C=C1/C(=C\C=C2/CCC[C@@]3(C)C2CC[C@@H]3C(C)CCCC(C)(C)O)C[C@H](O)C[C@@H]1O. The Kier molecular flexibility index (Phi) is 7.37. The molecule has 3 rings (SSSR count). The van der Waals surface area contributed by atoms with Crippen molar-refractivity contribution in [3.8, 4) is 0 Å². The first-order valence-electron chi connectivity index (χ1n) is 12.2. The van der Waals surface area contributed by atoms with Gasteiger partial charge in [-0.1, -0.05) is 51.0 Å². The molecule has 6 atom stereocenters. The molecule has 3 N–H and O–H groups in total. The maximum Gasteiger partial charge on any atom is 0.0811 e. The van der Waals surface area contributed by atoms with E-state index in [1.165, 1.54) is 38.5 Å². The largest absolute Gasteiger partial charge is 0.393 e. The van der Waals surface area contributed by atoms with Gasteiger partial charge in [-0.3, -0.25) is 0 Å². The molecule has 3 nitrogen and oxygen atoms in total. The summed E-state index contributed by atoms with van der Waals surface area (Å²) >= 11 is 0. The minimum Gasteiger partial charge on any atom is -0.393 e. The van der Waals surface area contributed by atoms with Crippen LogP contribution in [0, 0.1) is 23.2 Å². The van der Waals surface area contributed by atoms with Gasteiger partial charge >= 0.3 is 0 Å². The molecule has 0 heterocycles. The fourth-order valence-corrected chi connectivity index (χ4v) is 6.74. The number of aliphatic hydroxyl groups excluding tert-OH is 2. The Bertz CT molecular complexity index is 683. The third-order valence-corrected chi connectivity index (χ3v) is 8.44. The number of hydrogen-bond donors (Lipinski definition) is 3. The first-order chi connectivity index (χ1) is 14.0. The normalized spacial score (nSPS) is 38.8. The fourth-order valence-electron chi connectivity index (χ4n) is 6.74. The lowest BCUT2D eigenvalue weighted by atomic mass is 9.60. The number of aliphatic hydroxyl groups is 3. The fraction of sp³-hybridized carbons (Fsp3) is 0.778. The molecule has 0 aliphatic heterocycles. The smallest absolute Gasteiger partial charge is 0.0811 e. The maximum absolute atomic E-state index is 10.1. The summed E-state index contributed by atoms with van der Waals surface area (Å²) in [5.41, 5.74) is 3.17. The molecule has 0 amide bonds. The van der Waals surface area contributed by atoms with Gasteiger partial charge in [-0.25, -0.2) is 0 Å². The van der Waals surface area contributed by atoms with Crippen LogP contribution in [0.3, 0.4) is 0 Å². The number of rotatable bonds is 6. The highest BCUT2D eigenvalue weighted by Gasteiger charge is 2.50. The van der Waals surface area contributed by atoms with Crippen LogP contribution in [0.5, 0.6) is 0 Å². The minimum absolute atomic E-state index is 0.374. The van der Waals surface area contributed by atoms with E-state index in [-0.39, 0.29) is 0 Å². The molecule has 0 aromatic heterocycles. The summed E-state index contributed by atoms with van der Waals surface area (Å²) in [6.45, 7) is 12.8. The van der Waals surface area contributed by atoms with E-state index in [0.29, 0.717) is 30.1 Å². The van der Waals surface area contributed by atoms with Crippen LogP contribution in [0.25, 0.3) is 0 Å². The van der Waals surface area contributed by atoms with Gasteiger partial charge in [-0.05, 0) is 93.1 Å². The van der Waals surface area contributed by atoms with Crippen molar-refractivity contribution >= 4 is 0 Å². The maximum atomic E-state index is 10.1. The topological polar surface area (TPSA) is 60.7 Å². The molecule has 0 spiro atoms. The Morgan fingerprint density at radius 2 is 1.97 bits per heavy atom.